The van der Waals surface area contributed by atoms with Gasteiger partial charge in [0, 0.05) is 64.6 Å². The number of rotatable bonds is 5. The van der Waals surface area contributed by atoms with Crippen molar-refractivity contribution in [3.8, 4) is 0 Å². The first-order chi connectivity index (χ1) is 11.3. The molecule has 3 rings (SSSR count). The lowest BCUT2D eigenvalue weighted by Crippen LogP contribution is -2.55. The largest absolute Gasteiger partial charge is 0.314 e. The average Bonchev–Trinajstić information content (AvgIpc) is 2.62. The van der Waals surface area contributed by atoms with Crippen molar-refractivity contribution in [1.29, 1.82) is 0 Å². The van der Waals surface area contributed by atoms with Crippen molar-refractivity contribution < 1.29 is 0 Å². The van der Waals surface area contributed by atoms with E-state index < -0.39 is 0 Å². The Hall–Kier alpha value is -1.01. The van der Waals surface area contributed by atoms with E-state index in [1.54, 1.807) is 0 Å². The van der Waals surface area contributed by atoms with Gasteiger partial charge in [-0.25, -0.2) is 0 Å². The van der Waals surface area contributed by atoms with Gasteiger partial charge in [-0.15, -0.1) is 0 Å². The van der Waals surface area contributed by atoms with Crippen LogP contribution >= 0.6 is 0 Å². The van der Waals surface area contributed by atoms with Crippen LogP contribution < -0.4 is 5.32 Å². The van der Waals surface area contributed by atoms with Crippen LogP contribution in [0.5, 0.6) is 0 Å². The maximum absolute atomic E-state index is 4.70. The number of aromatic nitrogens is 1. The zero-order chi connectivity index (χ0) is 16.1. The monoisotopic (exact) mass is 317 g/mol. The fourth-order valence-corrected chi connectivity index (χ4v) is 3.78. The molecule has 1 aromatic heterocycles. The van der Waals surface area contributed by atoms with Gasteiger partial charge in [-0.1, -0.05) is 13.0 Å². The molecule has 2 unspecified atom stereocenters. The second-order valence-electron chi connectivity index (χ2n) is 6.88. The lowest BCUT2D eigenvalue weighted by molar-refractivity contribution is 0.0569. The quantitative estimate of drug-likeness (QED) is 0.878. The molecule has 0 amide bonds. The Morgan fingerprint density at radius 1 is 1.22 bits per heavy atom. The summed E-state index contributed by atoms with van der Waals surface area (Å²) in [5, 5.41) is 3.55. The highest BCUT2D eigenvalue weighted by atomic mass is 15.3. The van der Waals surface area contributed by atoms with Crippen LogP contribution in [-0.4, -0.2) is 85.1 Å². The molecule has 2 fully saturated rings. The van der Waals surface area contributed by atoms with Crippen LogP contribution in [0.4, 0.5) is 0 Å². The second kappa shape index (κ2) is 8.20. The molecule has 2 saturated heterocycles. The molecule has 0 radical (unpaired) electrons. The number of nitrogens with one attached hydrogen (secondary N) is 1. The van der Waals surface area contributed by atoms with Crippen LogP contribution in [0.1, 0.15) is 25.1 Å². The van der Waals surface area contributed by atoms with E-state index in [2.05, 4.69) is 46.1 Å². The van der Waals surface area contributed by atoms with Crippen molar-refractivity contribution in [3.05, 3.63) is 30.1 Å². The normalized spacial score (nSPS) is 26.3. The minimum Gasteiger partial charge on any atom is -0.314 e. The summed E-state index contributed by atoms with van der Waals surface area (Å²) in [6.07, 6.45) is 3.13. The first-order valence-corrected chi connectivity index (χ1v) is 9.06. The molecule has 0 spiro atoms. The SMILES string of the molecule is CCC1CNCCN1C(CN1CCN(C)CC1)c1ccccn1. The summed E-state index contributed by atoms with van der Waals surface area (Å²) in [5.41, 5.74) is 1.23. The Balaban J connectivity index is 1.76. The number of piperazine rings is 2. The van der Waals surface area contributed by atoms with E-state index in [4.69, 9.17) is 4.98 Å². The minimum absolute atomic E-state index is 0.409. The minimum atomic E-state index is 0.409. The highest BCUT2D eigenvalue weighted by molar-refractivity contribution is 5.11. The van der Waals surface area contributed by atoms with E-state index in [1.165, 1.54) is 38.3 Å². The zero-order valence-corrected chi connectivity index (χ0v) is 14.6. The maximum Gasteiger partial charge on any atom is 0.0652 e. The van der Waals surface area contributed by atoms with Gasteiger partial charge >= 0.3 is 0 Å². The Morgan fingerprint density at radius 2 is 2.04 bits per heavy atom. The van der Waals surface area contributed by atoms with Crippen LogP contribution in [0.3, 0.4) is 0 Å². The molecule has 0 saturated carbocycles. The maximum atomic E-state index is 4.70. The molecule has 0 aliphatic carbocycles. The van der Waals surface area contributed by atoms with Crippen LogP contribution in [0, 0.1) is 0 Å². The van der Waals surface area contributed by atoms with Gasteiger partial charge in [0.1, 0.15) is 0 Å². The third-order valence-corrected chi connectivity index (χ3v) is 5.32. The number of pyridine rings is 1. The molecule has 2 aliphatic heterocycles. The average molecular weight is 317 g/mol. The summed E-state index contributed by atoms with van der Waals surface area (Å²) in [6, 6.07) is 7.37. The third-order valence-electron chi connectivity index (χ3n) is 5.32. The van der Waals surface area contributed by atoms with Crippen LogP contribution in [0.2, 0.25) is 0 Å². The summed E-state index contributed by atoms with van der Waals surface area (Å²) < 4.78 is 0. The van der Waals surface area contributed by atoms with Crippen molar-refractivity contribution in [1.82, 2.24) is 25.0 Å². The molecule has 5 heteroatoms. The Labute approximate surface area is 140 Å². The fraction of sp³-hybridized carbons (Fsp3) is 0.722. The van der Waals surface area contributed by atoms with Gasteiger partial charge in [0.05, 0.1) is 11.7 Å². The number of hydrogen-bond donors (Lipinski definition) is 1. The van der Waals surface area contributed by atoms with Crippen molar-refractivity contribution in [2.24, 2.45) is 0 Å². The van der Waals surface area contributed by atoms with E-state index in [9.17, 15) is 0 Å². The zero-order valence-electron chi connectivity index (χ0n) is 14.6. The van der Waals surface area contributed by atoms with E-state index in [1.807, 2.05) is 12.3 Å². The summed E-state index contributed by atoms with van der Waals surface area (Å²) in [6.45, 7) is 11.4. The lowest BCUT2D eigenvalue weighted by atomic mass is 10.0. The van der Waals surface area contributed by atoms with Crippen molar-refractivity contribution in [2.75, 3.05) is 59.4 Å². The highest BCUT2D eigenvalue weighted by Gasteiger charge is 2.31. The first-order valence-electron chi connectivity index (χ1n) is 9.06. The summed E-state index contributed by atoms with van der Waals surface area (Å²) >= 11 is 0. The molecule has 0 bridgehead atoms. The third kappa shape index (κ3) is 4.29. The molecule has 3 heterocycles. The lowest BCUT2D eigenvalue weighted by Gasteiger charge is -2.43. The van der Waals surface area contributed by atoms with E-state index in [-0.39, 0.29) is 0 Å². The standard InChI is InChI=1S/C18H31N5/c1-3-16-14-19-8-9-23(16)18(17-6-4-5-7-20-17)15-22-12-10-21(2)11-13-22/h4-7,16,18-19H,3,8-15H2,1-2H3. The van der Waals surface area contributed by atoms with Crippen LogP contribution in [-0.2, 0) is 0 Å². The van der Waals surface area contributed by atoms with Gasteiger partial charge in [-0.2, -0.15) is 0 Å². The van der Waals surface area contributed by atoms with Gasteiger partial charge in [0.15, 0.2) is 0 Å². The Kier molecular flexibility index (Phi) is 6.00. The predicted molar refractivity (Wildman–Crippen MR) is 94.6 cm³/mol. The number of hydrogen-bond acceptors (Lipinski definition) is 5. The fourth-order valence-electron chi connectivity index (χ4n) is 3.78. The molecule has 2 aliphatic rings. The van der Waals surface area contributed by atoms with Gasteiger partial charge in [0.25, 0.3) is 0 Å². The van der Waals surface area contributed by atoms with Gasteiger partial charge in [-0.05, 0) is 25.6 Å². The van der Waals surface area contributed by atoms with E-state index >= 15 is 0 Å². The predicted octanol–water partition coefficient (Wildman–Crippen LogP) is 1.05. The number of nitrogens with zero attached hydrogens (tertiary/aromatic N) is 4. The van der Waals surface area contributed by atoms with Crippen molar-refractivity contribution in [3.63, 3.8) is 0 Å². The Bertz CT molecular complexity index is 458. The van der Waals surface area contributed by atoms with Crippen molar-refractivity contribution >= 4 is 0 Å². The molecular weight excluding hydrogens is 286 g/mol. The molecule has 23 heavy (non-hydrogen) atoms. The van der Waals surface area contributed by atoms with Crippen LogP contribution in [0.15, 0.2) is 24.4 Å². The topological polar surface area (TPSA) is 34.6 Å². The van der Waals surface area contributed by atoms with E-state index in [0.717, 1.165) is 26.2 Å². The molecule has 0 aromatic carbocycles. The van der Waals surface area contributed by atoms with Gasteiger partial charge in [-0.3, -0.25) is 14.8 Å². The van der Waals surface area contributed by atoms with Gasteiger partial charge in [0.2, 0.25) is 0 Å². The molecule has 5 nitrogen and oxygen atoms in total. The first kappa shape index (κ1) is 16.8. The summed E-state index contributed by atoms with van der Waals surface area (Å²) in [7, 11) is 2.22. The Morgan fingerprint density at radius 3 is 2.74 bits per heavy atom. The number of likely N-dealkylation sites (N-methyl/N-ethyl adjacent to an activating group) is 1. The molecular formula is C18H31N5. The highest BCUT2D eigenvalue weighted by Crippen LogP contribution is 2.25. The summed E-state index contributed by atoms with van der Waals surface area (Å²) in [4.78, 5) is 12.4. The molecule has 1 N–H and O–H groups in total. The molecule has 2 atom stereocenters. The second-order valence-corrected chi connectivity index (χ2v) is 6.88. The van der Waals surface area contributed by atoms with E-state index in [0.29, 0.717) is 12.1 Å². The molecule has 128 valence electrons. The van der Waals surface area contributed by atoms with Crippen molar-refractivity contribution in [2.45, 2.75) is 25.4 Å². The van der Waals surface area contributed by atoms with Gasteiger partial charge < -0.3 is 10.2 Å². The molecule has 1 aromatic rings. The smallest absolute Gasteiger partial charge is 0.0652 e. The summed E-state index contributed by atoms with van der Waals surface area (Å²) in [5.74, 6) is 0. The van der Waals surface area contributed by atoms with Crippen LogP contribution in [0.25, 0.3) is 0 Å².